The van der Waals surface area contributed by atoms with Crippen molar-refractivity contribution in [2.45, 2.75) is 26.4 Å². The number of fused-ring (bicyclic) bond motifs is 1. The van der Waals surface area contributed by atoms with Crippen molar-refractivity contribution in [3.63, 3.8) is 0 Å². The van der Waals surface area contributed by atoms with Gasteiger partial charge in [0.15, 0.2) is 0 Å². The van der Waals surface area contributed by atoms with Crippen molar-refractivity contribution in [2.24, 2.45) is 0 Å². The maximum absolute atomic E-state index is 12.4. The monoisotopic (exact) mass is 378 g/mol. The molecule has 3 aromatic heterocycles. The van der Waals surface area contributed by atoms with E-state index in [1.165, 1.54) is 0 Å². The first kappa shape index (κ1) is 18.0. The van der Waals surface area contributed by atoms with Crippen LogP contribution in [0.5, 0.6) is 0 Å². The molecule has 1 saturated heterocycles. The lowest BCUT2D eigenvalue weighted by Crippen LogP contribution is -2.36. The highest BCUT2D eigenvalue weighted by Crippen LogP contribution is 2.19. The summed E-state index contributed by atoms with van der Waals surface area (Å²) in [5.74, 6) is 0.468. The van der Waals surface area contributed by atoms with Crippen molar-refractivity contribution in [1.29, 1.82) is 0 Å². The number of urea groups is 1. The third-order valence-corrected chi connectivity index (χ3v) is 4.85. The van der Waals surface area contributed by atoms with Crippen molar-refractivity contribution < 1.29 is 9.59 Å². The second-order valence-electron chi connectivity index (χ2n) is 7.04. The molecule has 0 aliphatic carbocycles. The second-order valence-corrected chi connectivity index (χ2v) is 7.04. The van der Waals surface area contributed by atoms with Crippen LogP contribution in [0.1, 0.15) is 29.8 Å². The van der Waals surface area contributed by atoms with Crippen molar-refractivity contribution in [1.82, 2.24) is 24.6 Å². The van der Waals surface area contributed by atoms with Crippen LogP contribution in [0.15, 0.2) is 49.1 Å². The van der Waals surface area contributed by atoms with Gasteiger partial charge in [-0.3, -0.25) is 9.69 Å². The van der Waals surface area contributed by atoms with Gasteiger partial charge in [-0.05, 0) is 37.6 Å². The highest BCUT2D eigenvalue weighted by molar-refractivity contribution is 5.94. The van der Waals surface area contributed by atoms with E-state index in [-0.39, 0.29) is 18.0 Å². The summed E-state index contributed by atoms with van der Waals surface area (Å²) in [5, 5.41) is 2.89. The van der Waals surface area contributed by atoms with Gasteiger partial charge in [0.05, 0.1) is 5.56 Å². The lowest BCUT2D eigenvalue weighted by Gasteiger charge is -2.21. The molecule has 0 aromatic carbocycles. The lowest BCUT2D eigenvalue weighted by atomic mass is 10.2. The normalized spacial score (nSPS) is 14.3. The third kappa shape index (κ3) is 3.40. The number of imidazole rings is 1. The predicted molar refractivity (Wildman–Crippen MR) is 105 cm³/mol. The van der Waals surface area contributed by atoms with Crippen LogP contribution in [0.3, 0.4) is 0 Å². The van der Waals surface area contributed by atoms with Crippen molar-refractivity contribution in [3.8, 4) is 0 Å². The Kier molecular flexibility index (Phi) is 4.68. The van der Waals surface area contributed by atoms with E-state index in [1.807, 2.05) is 30.9 Å². The standard InChI is InChI=1S/C20H22N6O2/c1-14(2)25-9-10-26(20(25)28)18-5-3-15(11-22-18)12-23-19(27)16-4-6-17-21-7-8-24(17)13-16/h3-8,11,13-14H,9-10,12H2,1-2H3,(H,23,27). The van der Waals surface area contributed by atoms with E-state index >= 15 is 0 Å². The van der Waals surface area contributed by atoms with Gasteiger partial charge in [-0.15, -0.1) is 0 Å². The summed E-state index contributed by atoms with van der Waals surface area (Å²) in [6.45, 7) is 5.71. The summed E-state index contributed by atoms with van der Waals surface area (Å²) < 4.78 is 1.80. The Balaban J connectivity index is 1.38. The molecule has 0 spiro atoms. The first-order valence-electron chi connectivity index (χ1n) is 9.27. The molecule has 8 heteroatoms. The highest BCUT2D eigenvalue weighted by Gasteiger charge is 2.31. The molecule has 0 atom stereocenters. The van der Waals surface area contributed by atoms with E-state index < -0.39 is 0 Å². The van der Waals surface area contributed by atoms with Crippen molar-refractivity contribution >= 4 is 23.4 Å². The molecule has 0 radical (unpaired) electrons. The van der Waals surface area contributed by atoms with Gasteiger partial charge < -0.3 is 14.6 Å². The van der Waals surface area contributed by atoms with Gasteiger partial charge in [0.25, 0.3) is 5.91 Å². The van der Waals surface area contributed by atoms with Crippen LogP contribution in [0.25, 0.3) is 5.65 Å². The van der Waals surface area contributed by atoms with Crippen LogP contribution in [-0.2, 0) is 6.54 Å². The summed E-state index contributed by atoms with van der Waals surface area (Å²) >= 11 is 0. The molecule has 1 N–H and O–H groups in total. The maximum Gasteiger partial charge on any atom is 0.326 e. The zero-order chi connectivity index (χ0) is 19.7. The number of amides is 3. The zero-order valence-corrected chi connectivity index (χ0v) is 15.9. The van der Waals surface area contributed by atoms with Gasteiger partial charge in [0.1, 0.15) is 11.5 Å². The van der Waals surface area contributed by atoms with E-state index in [1.54, 1.807) is 46.2 Å². The number of hydrogen-bond acceptors (Lipinski definition) is 4. The number of nitrogens with zero attached hydrogens (tertiary/aromatic N) is 5. The fourth-order valence-corrected chi connectivity index (χ4v) is 3.27. The van der Waals surface area contributed by atoms with Crippen LogP contribution in [0, 0.1) is 0 Å². The average Bonchev–Trinajstić information content (AvgIpc) is 3.32. The molecule has 0 bridgehead atoms. The largest absolute Gasteiger partial charge is 0.348 e. The van der Waals surface area contributed by atoms with Crippen LogP contribution in [0.4, 0.5) is 10.6 Å². The minimum Gasteiger partial charge on any atom is -0.348 e. The molecule has 4 heterocycles. The van der Waals surface area contributed by atoms with E-state index in [0.717, 1.165) is 11.2 Å². The molecular formula is C20H22N6O2. The Morgan fingerprint density at radius 3 is 2.75 bits per heavy atom. The average molecular weight is 378 g/mol. The smallest absolute Gasteiger partial charge is 0.326 e. The van der Waals surface area contributed by atoms with Gasteiger partial charge in [-0.1, -0.05) is 6.07 Å². The van der Waals surface area contributed by atoms with Crippen LogP contribution in [-0.4, -0.2) is 50.3 Å². The third-order valence-electron chi connectivity index (χ3n) is 4.85. The van der Waals surface area contributed by atoms with Gasteiger partial charge in [0, 0.05) is 50.5 Å². The van der Waals surface area contributed by atoms with E-state index in [9.17, 15) is 9.59 Å². The molecule has 3 aromatic rings. The van der Waals surface area contributed by atoms with Crippen LogP contribution >= 0.6 is 0 Å². The second kappa shape index (κ2) is 7.30. The molecule has 28 heavy (non-hydrogen) atoms. The highest BCUT2D eigenvalue weighted by atomic mass is 16.2. The molecule has 4 rings (SSSR count). The molecule has 0 unspecified atom stereocenters. The van der Waals surface area contributed by atoms with E-state index in [2.05, 4.69) is 15.3 Å². The molecule has 1 aliphatic rings. The van der Waals surface area contributed by atoms with Gasteiger partial charge in [0.2, 0.25) is 0 Å². The van der Waals surface area contributed by atoms with Crippen molar-refractivity contribution in [3.05, 3.63) is 60.2 Å². The lowest BCUT2D eigenvalue weighted by molar-refractivity contribution is 0.0950. The number of pyridine rings is 2. The first-order chi connectivity index (χ1) is 13.5. The van der Waals surface area contributed by atoms with Gasteiger partial charge >= 0.3 is 6.03 Å². The molecule has 8 nitrogen and oxygen atoms in total. The van der Waals surface area contributed by atoms with Crippen LogP contribution in [0.2, 0.25) is 0 Å². The maximum atomic E-state index is 12.4. The molecule has 1 aliphatic heterocycles. The summed E-state index contributed by atoms with van der Waals surface area (Å²) in [4.78, 5) is 36.9. The Morgan fingerprint density at radius 1 is 1.18 bits per heavy atom. The quantitative estimate of drug-likeness (QED) is 0.739. The number of carbonyl (C=O) groups excluding carboxylic acids is 2. The van der Waals surface area contributed by atoms with Crippen molar-refractivity contribution in [2.75, 3.05) is 18.0 Å². The Bertz CT molecular complexity index is 1010. The van der Waals surface area contributed by atoms with E-state index in [4.69, 9.17) is 0 Å². The van der Waals surface area contributed by atoms with Crippen LogP contribution < -0.4 is 10.2 Å². The Hall–Kier alpha value is -3.42. The molecule has 3 amide bonds. The SMILES string of the molecule is CC(C)N1CCN(c2ccc(CNC(=O)c3ccc4nccn4c3)cn2)C1=O. The Labute approximate surface area is 162 Å². The minimum atomic E-state index is -0.165. The zero-order valence-electron chi connectivity index (χ0n) is 15.9. The number of carbonyl (C=O) groups is 2. The van der Waals surface area contributed by atoms with Gasteiger partial charge in [-0.25, -0.2) is 14.8 Å². The van der Waals surface area contributed by atoms with E-state index in [0.29, 0.717) is 31.0 Å². The number of nitrogens with one attached hydrogen (secondary N) is 1. The number of aromatic nitrogens is 3. The number of rotatable bonds is 5. The summed E-state index contributed by atoms with van der Waals surface area (Å²) in [6.07, 6.45) is 6.93. The first-order valence-corrected chi connectivity index (χ1v) is 9.27. The molecule has 0 saturated carbocycles. The summed E-state index contributed by atoms with van der Waals surface area (Å²) in [7, 11) is 0. The molecule has 1 fully saturated rings. The predicted octanol–water partition coefficient (Wildman–Crippen LogP) is 2.31. The topological polar surface area (TPSA) is 82.8 Å². The summed E-state index contributed by atoms with van der Waals surface area (Å²) in [6, 6.07) is 7.41. The fourth-order valence-electron chi connectivity index (χ4n) is 3.27. The number of hydrogen-bond donors (Lipinski definition) is 1. The molecule has 144 valence electrons. The Morgan fingerprint density at radius 2 is 2.04 bits per heavy atom. The minimum absolute atomic E-state index is 0.0153. The van der Waals surface area contributed by atoms with Gasteiger partial charge in [-0.2, -0.15) is 0 Å². The number of anilines is 1. The molecular weight excluding hydrogens is 356 g/mol. The fraction of sp³-hybridized carbons (Fsp3) is 0.300. The summed E-state index contributed by atoms with van der Waals surface area (Å²) in [5.41, 5.74) is 2.23.